The third-order valence-corrected chi connectivity index (χ3v) is 5.99. The first-order chi connectivity index (χ1) is 10.7. The van der Waals surface area contributed by atoms with E-state index < -0.39 is 0 Å². The average Bonchev–Trinajstić information content (AvgIpc) is 2.52. The van der Waals surface area contributed by atoms with Gasteiger partial charge in [0.05, 0.1) is 5.69 Å². The molecule has 0 fully saturated rings. The van der Waals surface area contributed by atoms with Crippen LogP contribution >= 0.6 is 0 Å². The number of rotatable bonds is 1. The average molecular weight is 305 g/mol. The minimum absolute atomic E-state index is 0.0259. The maximum absolute atomic E-state index is 4.70. The van der Waals surface area contributed by atoms with Crippen molar-refractivity contribution in [1.29, 1.82) is 0 Å². The van der Waals surface area contributed by atoms with Gasteiger partial charge in [-0.3, -0.25) is 4.98 Å². The number of aromatic nitrogens is 1. The van der Waals surface area contributed by atoms with Gasteiger partial charge in [0, 0.05) is 22.6 Å². The topological polar surface area (TPSA) is 12.9 Å². The fourth-order valence-electron chi connectivity index (χ4n) is 3.91. The summed E-state index contributed by atoms with van der Waals surface area (Å²) >= 11 is 0. The Kier molecular flexibility index (Phi) is 3.51. The van der Waals surface area contributed by atoms with Crippen molar-refractivity contribution in [3.05, 3.63) is 64.4 Å². The van der Waals surface area contributed by atoms with E-state index in [1.807, 2.05) is 6.20 Å². The molecule has 1 nitrogen and oxygen atoms in total. The molecule has 0 unspecified atom stereocenters. The molecule has 1 aliphatic rings. The molecule has 1 aliphatic carbocycles. The molecule has 1 heterocycles. The van der Waals surface area contributed by atoms with Gasteiger partial charge in [-0.05, 0) is 43.5 Å². The van der Waals surface area contributed by atoms with Crippen LogP contribution in [-0.2, 0) is 10.8 Å². The molecule has 3 rings (SSSR count). The van der Waals surface area contributed by atoms with Gasteiger partial charge >= 0.3 is 0 Å². The number of pyridine rings is 1. The van der Waals surface area contributed by atoms with Crippen LogP contribution in [0.2, 0.25) is 0 Å². The van der Waals surface area contributed by atoms with E-state index in [-0.39, 0.29) is 10.8 Å². The maximum Gasteiger partial charge on any atom is 0.0705 e. The highest BCUT2D eigenvalue weighted by molar-refractivity contribution is 5.72. The number of hydrogen-bond donors (Lipinski definition) is 0. The lowest BCUT2D eigenvalue weighted by atomic mass is 9.59. The summed E-state index contributed by atoms with van der Waals surface area (Å²) in [4.78, 5) is 4.70. The monoisotopic (exact) mass is 305 g/mol. The maximum atomic E-state index is 4.70. The second-order valence-electron chi connectivity index (χ2n) is 7.95. The van der Waals surface area contributed by atoms with Crippen LogP contribution in [0.1, 0.15) is 58.2 Å². The summed E-state index contributed by atoms with van der Waals surface area (Å²) < 4.78 is 0. The molecule has 0 amide bonds. The van der Waals surface area contributed by atoms with Gasteiger partial charge in [-0.15, -0.1) is 0 Å². The Morgan fingerprint density at radius 2 is 1.43 bits per heavy atom. The van der Waals surface area contributed by atoms with Gasteiger partial charge in [0.25, 0.3) is 0 Å². The summed E-state index contributed by atoms with van der Waals surface area (Å²) in [6.45, 7) is 16.0. The molecule has 0 atom stereocenters. The number of aryl methyl sites for hydroxylation is 1. The second kappa shape index (κ2) is 5.06. The lowest BCUT2D eigenvalue weighted by Crippen LogP contribution is -2.36. The molecule has 2 aromatic rings. The lowest BCUT2D eigenvalue weighted by molar-refractivity contribution is 0.505. The second-order valence-corrected chi connectivity index (χ2v) is 7.95. The molecule has 0 saturated carbocycles. The van der Waals surface area contributed by atoms with E-state index in [4.69, 9.17) is 4.98 Å². The Balaban J connectivity index is 2.35. The fourth-order valence-corrected chi connectivity index (χ4v) is 3.91. The highest BCUT2D eigenvalue weighted by Gasteiger charge is 2.41. The van der Waals surface area contributed by atoms with Crippen molar-refractivity contribution in [3.63, 3.8) is 0 Å². The van der Waals surface area contributed by atoms with Crippen LogP contribution in [-0.4, -0.2) is 4.98 Å². The van der Waals surface area contributed by atoms with E-state index in [1.165, 1.54) is 33.4 Å². The number of allylic oxidation sites excluding steroid dienone is 2. The molecule has 0 N–H and O–H groups in total. The van der Waals surface area contributed by atoms with Crippen LogP contribution in [0.5, 0.6) is 0 Å². The van der Waals surface area contributed by atoms with E-state index in [0.29, 0.717) is 0 Å². The Morgan fingerprint density at radius 3 is 2.04 bits per heavy atom. The van der Waals surface area contributed by atoms with Crippen LogP contribution < -0.4 is 0 Å². The van der Waals surface area contributed by atoms with Gasteiger partial charge in [0.1, 0.15) is 0 Å². The third kappa shape index (κ3) is 2.25. The predicted octanol–water partition coefficient (Wildman–Crippen LogP) is 5.96. The number of fused-ring (bicyclic) bond motifs is 1. The zero-order valence-corrected chi connectivity index (χ0v) is 15.4. The van der Waals surface area contributed by atoms with Crippen molar-refractivity contribution in [1.82, 2.24) is 4.98 Å². The van der Waals surface area contributed by atoms with Gasteiger partial charge in [0.15, 0.2) is 0 Å². The fraction of sp³-hybridized carbons (Fsp3) is 0.409. The minimum Gasteiger partial charge on any atom is -0.256 e. The van der Waals surface area contributed by atoms with Crippen molar-refractivity contribution in [3.8, 4) is 11.3 Å². The smallest absolute Gasteiger partial charge is 0.0705 e. The summed E-state index contributed by atoms with van der Waals surface area (Å²) in [6, 6.07) is 11.0. The predicted molar refractivity (Wildman–Crippen MR) is 98.8 cm³/mol. The molecule has 0 bridgehead atoms. The van der Waals surface area contributed by atoms with Crippen LogP contribution in [0.25, 0.3) is 11.3 Å². The SMILES string of the molecule is CC1=C(C)C(C)(C)c2c(-c3ccc(C)cn3)cccc2C1(C)C. The molecule has 1 aromatic carbocycles. The van der Waals surface area contributed by atoms with Gasteiger partial charge in [-0.25, -0.2) is 0 Å². The van der Waals surface area contributed by atoms with Crippen molar-refractivity contribution < 1.29 is 0 Å². The number of hydrogen-bond acceptors (Lipinski definition) is 1. The van der Waals surface area contributed by atoms with E-state index in [2.05, 4.69) is 78.8 Å². The molecule has 0 aliphatic heterocycles. The lowest BCUT2D eigenvalue weighted by Gasteiger charge is -2.45. The van der Waals surface area contributed by atoms with Crippen LogP contribution in [0, 0.1) is 6.92 Å². The van der Waals surface area contributed by atoms with Crippen LogP contribution in [0.3, 0.4) is 0 Å². The number of benzene rings is 1. The molecule has 23 heavy (non-hydrogen) atoms. The van der Waals surface area contributed by atoms with E-state index in [0.717, 1.165) is 5.69 Å². The summed E-state index contributed by atoms with van der Waals surface area (Å²) in [6.07, 6.45) is 1.96. The Bertz CT molecular complexity index is 789. The normalized spacial score (nSPS) is 18.7. The van der Waals surface area contributed by atoms with E-state index in [9.17, 15) is 0 Å². The first-order valence-corrected chi connectivity index (χ1v) is 8.43. The Labute approximate surface area is 140 Å². The largest absolute Gasteiger partial charge is 0.256 e. The Hall–Kier alpha value is -1.89. The summed E-state index contributed by atoms with van der Waals surface area (Å²) in [5, 5.41) is 0. The third-order valence-electron chi connectivity index (χ3n) is 5.99. The molecule has 120 valence electrons. The summed E-state index contributed by atoms with van der Waals surface area (Å²) in [5.41, 5.74) is 9.47. The molecule has 0 spiro atoms. The van der Waals surface area contributed by atoms with Gasteiger partial charge in [-0.1, -0.05) is 63.1 Å². The van der Waals surface area contributed by atoms with Crippen molar-refractivity contribution in [2.45, 2.75) is 59.3 Å². The van der Waals surface area contributed by atoms with Gasteiger partial charge in [0.2, 0.25) is 0 Å². The summed E-state index contributed by atoms with van der Waals surface area (Å²) in [7, 11) is 0. The standard InChI is InChI=1S/C22H27N/c1-14-11-12-19(23-13-14)17-9-8-10-18-20(17)22(6,7)16(3)15(2)21(18,4)5/h8-13H,1-7H3. The molecular formula is C22H27N. The van der Waals surface area contributed by atoms with Gasteiger partial charge in [-0.2, -0.15) is 0 Å². The molecule has 1 aromatic heterocycles. The number of nitrogens with zero attached hydrogens (tertiary/aromatic N) is 1. The molecule has 1 heteroatoms. The first-order valence-electron chi connectivity index (χ1n) is 8.43. The van der Waals surface area contributed by atoms with Gasteiger partial charge < -0.3 is 0 Å². The minimum atomic E-state index is 0.0259. The van der Waals surface area contributed by atoms with E-state index >= 15 is 0 Å². The zero-order valence-electron chi connectivity index (χ0n) is 15.4. The quantitative estimate of drug-likeness (QED) is 0.592. The highest BCUT2D eigenvalue weighted by Crippen LogP contribution is 2.51. The zero-order chi connectivity index (χ0) is 17.0. The Morgan fingerprint density at radius 1 is 0.783 bits per heavy atom. The first kappa shape index (κ1) is 16.0. The molecule has 0 saturated heterocycles. The summed E-state index contributed by atoms with van der Waals surface area (Å²) in [5.74, 6) is 0. The van der Waals surface area contributed by atoms with Crippen molar-refractivity contribution in [2.24, 2.45) is 0 Å². The van der Waals surface area contributed by atoms with Crippen LogP contribution in [0.4, 0.5) is 0 Å². The van der Waals surface area contributed by atoms with E-state index in [1.54, 1.807) is 0 Å². The van der Waals surface area contributed by atoms with Crippen molar-refractivity contribution in [2.75, 3.05) is 0 Å². The van der Waals surface area contributed by atoms with Crippen LogP contribution in [0.15, 0.2) is 47.7 Å². The highest BCUT2D eigenvalue weighted by atomic mass is 14.7. The van der Waals surface area contributed by atoms with Crippen molar-refractivity contribution >= 4 is 0 Å². The molecular weight excluding hydrogens is 278 g/mol. The molecule has 0 radical (unpaired) electrons.